The lowest BCUT2D eigenvalue weighted by Crippen LogP contribution is -2.45. The molecule has 4 fully saturated rings. The van der Waals surface area contributed by atoms with Gasteiger partial charge in [-0.25, -0.2) is 0 Å². The predicted molar refractivity (Wildman–Crippen MR) is 95.7 cm³/mol. The molecular weight excluding hydrogens is 334 g/mol. The summed E-state index contributed by atoms with van der Waals surface area (Å²) in [4.78, 5) is 27.7. The standard InChI is InChI=1S/C19H31N3O4/c1-13-3-6-21(7-4-13)10-17(23)20-8-14-15-9-22(11-18(24)25)12-19(15)5-2-16(14)26-19/h13-16H,2-12H2,1H3,(H,20,23)(H,24,25)/t14-,15+,16+,19+/m0/s1. The Hall–Kier alpha value is -1.18. The maximum absolute atomic E-state index is 12.4. The third kappa shape index (κ3) is 3.49. The molecule has 0 aliphatic carbocycles. The third-order valence-electron chi connectivity index (χ3n) is 6.99. The van der Waals surface area contributed by atoms with Gasteiger partial charge in [0.05, 0.1) is 24.8 Å². The number of nitrogens with one attached hydrogen (secondary N) is 1. The highest BCUT2D eigenvalue weighted by molar-refractivity contribution is 5.78. The third-order valence-corrected chi connectivity index (χ3v) is 6.99. The molecule has 4 saturated heterocycles. The normalized spacial score (nSPS) is 37.8. The fourth-order valence-corrected chi connectivity index (χ4v) is 5.58. The van der Waals surface area contributed by atoms with Gasteiger partial charge in [0, 0.05) is 31.5 Å². The van der Waals surface area contributed by atoms with Crippen molar-refractivity contribution in [3.05, 3.63) is 0 Å². The quantitative estimate of drug-likeness (QED) is 0.709. The van der Waals surface area contributed by atoms with Crippen LogP contribution in [-0.2, 0) is 14.3 Å². The molecule has 4 atom stereocenters. The molecule has 4 heterocycles. The lowest BCUT2D eigenvalue weighted by atomic mass is 9.73. The molecule has 0 aromatic rings. The first-order valence-electron chi connectivity index (χ1n) is 10.1. The van der Waals surface area contributed by atoms with E-state index in [1.54, 1.807) is 0 Å². The van der Waals surface area contributed by atoms with E-state index in [1.165, 1.54) is 12.8 Å². The summed E-state index contributed by atoms with van der Waals surface area (Å²) in [6, 6.07) is 0. The Bertz CT molecular complexity index is 563. The van der Waals surface area contributed by atoms with Crippen molar-refractivity contribution >= 4 is 11.9 Å². The summed E-state index contributed by atoms with van der Waals surface area (Å²) < 4.78 is 6.31. The molecule has 2 bridgehead atoms. The highest BCUT2D eigenvalue weighted by atomic mass is 16.5. The van der Waals surface area contributed by atoms with Gasteiger partial charge < -0.3 is 15.2 Å². The van der Waals surface area contributed by atoms with Crippen LogP contribution in [0.3, 0.4) is 0 Å². The average molecular weight is 365 g/mol. The van der Waals surface area contributed by atoms with Crippen LogP contribution in [0.4, 0.5) is 0 Å². The zero-order chi connectivity index (χ0) is 18.3. The molecule has 0 unspecified atom stereocenters. The highest BCUT2D eigenvalue weighted by Gasteiger charge is 2.62. The van der Waals surface area contributed by atoms with Gasteiger partial charge in [0.15, 0.2) is 0 Å². The van der Waals surface area contributed by atoms with Crippen molar-refractivity contribution < 1.29 is 19.4 Å². The fourth-order valence-electron chi connectivity index (χ4n) is 5.58. The number of carboxylic acids is 1. The lowest BCUT2D eigenvalue weighted by Gasteiger charge is -2.31. The van der Waals surface area contributed by atoms with E-state index in [2.05, 4.69) is 17.1 Å². The van der Waals surface area contributed by atoms with Crippen molar-refractivity contribution in [2.45, 2.75) is 44.3 Å². The number of hydrogen-bond donors (Lipinski definition) is 2. The smallest absolute Gasteiger partial charge is 0.317 e. The molecule has 0 saturated carbocycles. The number of aliphatic carboxylic acids is 1. The van der Waals surface area contributed by atoms with Crippen LogP contribution in [0.25, 0.3) is 0 Å². The Morgan fingerprint density at radius 2 is 1.96 bits per heavy atom. The van der Waals surface area contributed by atoms with E-state index in [-0.39, 0.29) is 24.2 Å². The van der Waals surface area contributed by atoms with E-state index in [0.29, 0.717) is 24.9 Å². The SMILES string of the molecule is CC1CCN(CC(=O)NC[C@H]2[C@H]3CN(CC(=O)O)C[C@]34CC[C@H]2O4)CC1. The number of amides is 1. The number of carboxylic acid groups (broad SMARTS) is 1. The average Bonchev–Trinajstić information content (AvgIpc) is 3.22. The van der Waals surface area contributed by atoms with Gasteiger partial charge in [-0.2, -0.15) is 0 Å². The minimum Gasteiger partial charge on any atom is -0.480 e. The van der Waals surface area contributed by atoms with Crippen LogP contribution in [-0.4, -0.2) is 84.3 Å². The maximum Gasteiger partial charge on any atom is 0.317 e. The van der Waals surface area contributed by atoms with Crippen LogP contribution >= 0.6 is 0 Å². The van der Waals surface area contributed by atoms with Gasteiger partial charge in [-0.15, -0.1) is 0 Å². The van der Waals surface area contributed by atoms with Crippen LogP contribution in [0.5, 0.6) is 0 Å². The maximum atomic E-state index is 12.4. The van der Waals surface area contributed by atoms with E-state index in [9.17, 15) is 9.59 Å². The van der Waals surface area contributed by atoms with E-state index < -0.39 is 5.97 Å². The number of carbonyl (C=O) groups is 2. The summed E-state index contributed by atoms with van der Waals surface area (Å²) in [5, 5.41) is 12.2. The summed E-state index contributed by atoms with van der Waals surface area (Å²) >= 11 is 0. The number of fused-ring (bicyclic) bond motifs is 1. The van der Waals surface area contributed by atoms with E-state index in [0.717, 1.165) is 44.9 Å². The van der Waals surface area contributed by atoms with Gasteiger partial charge in [0.25, 0.3) is 0 Å². The van der Waals surface area contributed by atoms with Crippen molar-refractivity contribution in [2.24, 2.45) is 17.8 Å². The molecule has 7 nitrogen and oxygen atoms in total. The number of ether oxygens (including phenoxy) is 1. The summed E-state index contributed by atoms with van der Waals surface area (Å²) in [6.07, 6.45) is 4.63. The molecule has 1 amide bonds. The first-order valence-corrected chi connectivity index (χ1v) is 10.1. The first kappa shape index (κ1) is 18.2. The van der Waals surface area contributed by atoms with Gasteiger partial charge in [-0.05, 0) is 44.7 Å². The Morgan fingerprint density at radius 3 is 2.69 bits per heavy atom. The summed E-state index contributed by atoms with van der Waals surface area (Å²) in [6.45, 7) is 7.02. The van der Waals surface area contributed by atoms with Crippen molar-refractivity contribution in [1.82, 2.24) is 15.1 Å². The Kier molecular flexibility index (Phi) is 4.96. The summed E-state index contributed by atoms with van der Waals surface area (Å²) in [7, 11) is 0. The number of hydrogen-bond acceptors (Lipinski definition) is 5. The molecule has 7 heteroatoms. The molecular formula is C19H31N3O4. The molecule has 0 aromatic carbocycles. The second kappa shape index (κ2) is 7.09. The zero-order valence-electron chi connectivity index (χ0n) is 15.7. The van der Waals surface area contributed by atoms with Gasteiger partial charge in [-0.3, -0.25) is 19.4 Å². The number of piperidine rings is 1. The molecule has 26 heavy (non-hydrogen) atoms. The molecule has 4 aliphatic rings. The molecule has 1 spiro atoms. The highest BCUT2D eigenvalue weighted by Crippen LogP contribution is 2.54. The number of nitrogens with zero attached hydrogens (tertiary/aromatic N) is 2. The van der Waals surface area contributed by atoms with E-state index in [4.69, 9.17) is 9.84 Å². The Labute approximate surface area is 155 Å². The van der Waals surface area contributed by atoms with Gasteiger partial charge >= 0.3 is 5.97 Å². The van der Waals surface area contributed by atoms with Gasteiger partial charge in [0.1, 0.15) is 0 Å². The van der Waals surface area contributed by atoms with Crippen LogP contribution in [0.1, 0.15) is 32.6 Å². The molecule has 4 rings (SSSR count). The van der Waals surface area contributed by atoms with Gasteiger partial charge in [-0.1, -0.05) is 6.92 Å². The Balaban J connectivity index is 1.28. The van der Waals surface area contributed by atoms with E-state index in [1.807, 2.05) is 4.90 Å². The second-order valence-electron chi connectivity index (χ2n) is 8.86. The number of rotatable bonds is 6. The van der Waals surface area contributed by atoms with Crippen LogP contribution in [0.2, 0.25) is 0 Å². The monoisotopic (exact) mass is 365 g/mol. The van der Waals surface area contributed by atoms with Crippen molar-refractivity contribution in [3.63, 3.8) is 0 Å². The number of likely N-dealkylation sites (tertiary alicyclic amines) is 2. The molecule has 146 valence electrons. The van der Waals surface area contributed by atoms with Gasteiger partial charge in [0.2, 0.25) is 5.91 Å². The van der Waals surface area contributed by atoms with Crippen LogP contribution in [0, 0.1) is 17.8 Å². The summed E-state index contributed by atoms with van der Waals surface area (Å²) in [5.74, 6) is 0.755. The van der Waals surface area contributed by atoms with Crippen LogP contribution < -0.4 is 5.32 Å². The lowest BCUT2D eigenvalue weighted by molar-refractivity contribution is -0.138. The summed E-state index contributed by atoms with van der Waals surface area (Å²) in [5.41, 5.74) is -0.168. The minimum atomic E-state index is -0.781. The minimum absolute atomic E-state index is 0.0821. The van der Waals surface area contributed by atoms with Crippen molar-refractivity contribution in [1.29, 1.82) is 0 Å². The van der Waals surface area contributed by atoms with E-state index >= 15 is 0 Å². The molecule has 0 aromatic heterocycles. The molecule has 4 aliphatic heterocycles. The topological polar surface area (TPSA) is 82.1 Å². The zero-order valence-corrected chi connectivity index (χ0v) is 15.7. The van der Waals surface area contributed by atoms with Crippen molar-refractivity contribution in [2.75, 3.05) is 45.8 Å². The molecule has 2 N–H and O–H groups in total. The second-order valence-corrected chi connectivity index (χ2v) is 8.86. The van der Waals surface area contributed by atoms with Crippen molar-refractivity contribution in [3.8, 4) is 0 Å². The Morgan fingerprint density at radius 1 is 1.19 bits per heavy atom. The molecule has 0 radical (unpaired) electrons. The fraction of sp³-hybridized carbons (Fsp3) is 0.895. The van der Waals surface area contributed by atoms with Crippen LogP contribution in [0.15, 0.2) is 0 Å². The first-order chi connectivity index (χ1) is 12.4. The predicted octanol–water partition coefficient (Wildman–Crippen LogP) is 0.399. The number of carbonyl (C=O) groups excluding carboxylic acids is 1. The largest absolute Gasteiger partial charge is 0.480 e.